The van der Waals surface area contributed by atoms with Crippen LogP contribution in [0.3, 0.4) is 0 Å². The van der Waals surface area contributed by atoms with Gasteiger partial charge in [0.1, 0.15) is 5.75 Å². The van der Waals surface area contributed by atoms with Crippen LogP contribution in [0, 0.1) is 0 Å². The molecule has 0 unspecified atom stereocenters. The van der Waals surface area contributed by atoms with Crippen molar-refractivity contribution in [2.75, 3.05) is 32.1 Å². The molecule has 18 heavy (non-hydrogen) atoms. The number of nitrogens with one attached hydrogen (secondary N) is 1. The van der Waals surface area contributed by atoms with Crippen LogP contribution in [0.5, 0.6) is 5.75 Å². The van der Waals surface area contributed by atoms with Crippen molar-refractivity contribution in [3.63, 3.8) is 0 Å². The van der Waals surface area contributed by atoms with E-state index in [4.69, 9.17) is 10.5 Å². The van der Waals surface area contributed by atoms with Crippen LogP contribution in [0.4, 0.5) is 5.69 Å². The average Bonchev–Trinajstić information content (AvgIpc) is 2.75. The number of likely N-dealkylation sites (tertiary alicyclic amines) is 1. The number of nitrogens with two attached hydrogens (primary N) is 1. The molecule has 98 valence electrons. The molecule has 1 aliphatic heterocycles. The molecule has 3 N–H and O–H groups in total. The minimum atomic E-state index is -0.0337. The molecule has 0 bridgehead atoms. The maximum Gasteiger partial charge on any atom is 0.238 e. The standard InChI is InChI=1S/C13H19N3O2/c1-18-12-5-3-2-4-11(12)15-13(17)9-16-7-6-10(14)8-16/h2-5,10H,6-9,14H2,1H3,(H,15,17)/t10-/m1/s1. The highest BCUT2D eigenvalue weighted by atomic mass is 16.5. The van der Waals surface area contributed by atoms with Crippen molar-refractivity contribution in [3.05, 3.63) is 24.3 Å². The van der Waals surface area contributed by atoms with Gasteiger partial charge in [-0.2, -0.15) is 0 Å². The molecular formula is C13H19N3O2. The normalized spacial score (nSPS) is 19.8. The van der Waals surface area contributed by atoms with Gasteiger partial charge in [-0.05, 0) is 18.6 Å². The predicted octanol–water partition coefficient (Wildman–Crippen LogP) is 0.667. The van der Waals surface area contributed by atoms with Gasteiger partial charge in [0.2, 0.25) is 5.91 Å². The van der Waals surface area contributed by atoms with Crippen molar-refractivity contribution in [2.24, 2.45) is 5.73 Å². The third kappa shape index (κ3) is 3.21. The Morgan fingerprint density at radius 3 is 3.00 bits per heavy atom. The van der Waals surface area contributed by atoms with Crippen LogP contribution in [0.25, 0.3) is 0 Å². The summed E-state index contributed by atoms with van der Waals surface area (Å²) in [5.41, 5.74) is 6.51. The summed E-state index contributed by atoms with van der Waals surface area (Å²) < 4.78 is 5.18. The van der Waals surface area contributed by atoms with E-state index in [1.807, 2.05) is 24.3 Å². The molecule has 0 spiro atoms. The van der Waals surface area contributed by atoms with Gasteiger partial charge in [-0.15, -0.1) is 0 Å². The Labute approximate surface area is 107 Å². The minimum Gasteiger partial charge on any atom is -0.495 e. The van der Waals surface area contributed by atoms with Crippen LogP contribution in [0.2, 0.25) is 0 Å². The highest BCUT2D eigenvalue weighted by Crippen LogP contribution is 2.22. The van der Waals surface area contributed by atoms with E-state index in [0.717, 1.165) is 19.5 Å². The lowest BCUT2D eigenvalue weighted by Crippen LogP contribution is -2.33. The second kappa shape index (κ2) is 5.84. The summed E-state index contributed by atoms with van der Waals surface area (Å²) in [5, 5.41) is 2.86. The third-order valence-electron chi connectivity index (χ3n) is 3.06. The largest absolute Gasteiger partial charge is 0.495 e. The molecule has 0 radical (unpaired) electrons. The Balaban J connectivity index is 1.91. The van der Waals surface area contributed by atoms with Gasteiger partial charge in [0.25, 0.3) is 0 Å². The average molecular weight is 249 g/mol. The highest BCUT2D eigenvalue weighted by Gasteiger charge is 2.21. The Bertz CT molecular complexity index is 422. The molecule has 1 saturated heterocycles. The first-order valence-corrected chi connectivity index (χ1v) is 6.10. The number of rotatable bonds is 4. The fourth-order valence-corrected chi connectivity index (χ4v) is 2.15. The van der Waals surface area contributed by atoms with Crippen LogP contribution in [-0.2, 0) is 4.79 Å². The van der Waals surface area contributed by atoms with Gasteiger partial charge in [0.05, 0.1) is 19.3 Å². The number of amides is 1. The third-order valence-corrected chi connectivity index (χ3v) is 3.06. The summed E-state index contributed by atoms with van der Waals surface area (Å²) in [7, 11) is 1.59. The quantitative estimate of drug-likeness (QED) is 0.823. The van der Waals surface area contributed by atoms with Crippen LogP contribution < -0.4 is 15.8 Å². The minimum absolute atomic E-state index is 0.0337. The summed E-state index contributed by atoms with van der Waals surface area (Å²) in [6.45, 7) is 2.06. The zero-order valence-corrected chi connectivity index (χ0v) is 10.6. The Morgan fingerprint density at radius 2 is 2.33 bits per heavy atom. The van der Waals surface area contributed by atoms with Gasteiger partial charge >= 0.3 is 0 Å². The van der Waals surface area contributed by atoms with E-state index in [1.165, 1.54) is 0 Å². The zero-order valence-electron chi connectivity index (χ0n) is 10.6. The number of benzene rings is 1. The summed E-state index contributed by atoms with van der Waals surface area (Å²) in [6.07, 6.45) is 0.960. The van der Waals surface area contributed by atoms with E-state index in [1.54, 1.807) is 7.11 Å². The van der Waals surface area contributed by atoms with Crippen LogP contribution >= 0.6 is 0 Å². The fraction of sp³-hybridized carbons (Fsp3) is 0.462. The van der Waals surface area contributed by atoms with Gasteiger partial charge in [-0.25, -0.2) is 0 Å². The van der Waals surface area contributed by atoms with Crippen molar-refractivity contribution < 1.29 is 9.53 Å². The van der Waals surface area contributed by atoms with E-state index in [2.05, 4.69) is 10.2 Å². The van der Waals surface area contributed by atoms with Gasteiger partial charge in [-0.1, -0.05) is 12.1 Å². The zero-order chi connectivity index (χ0) is 13.0. The van der Waals surface area contributed by atoms with E-state index in [0.29, 0.717) is 18.0 Å². The van der Waals surface area contributed by atoms with Crippen molar-refractivity contribution in [1.29, 1.82) is 0 Å². The molecule has 1 aromatic rings. The predicted molar refractivity (Wildman–Crippen MR) is 70.7 cm³/mol. The molecular weight excluding hydrogens is 230 g/mol. The number of carbonyl (C=O) groups excluding carboxylic acids is 1. The topological polar surface area (TPSA) is 67.6 Å². The molecule has 2 rings (SSSR count). The molecule has 5 nitrogen and oxygen atoms in total. The van der Waals surface area contributed by atoms with Gasteiger partial charge in [0.15, 0.2) is 0 Å². The number of hydrogen-bond acceptors (Lipinski definition) is 4. The second-order valence-electron chi connectivity index (χ2n) is 4.53. The van der Waals surface area contributed by atoms with Crippen LogP contribution in [-0.4, -0.2) is 43.6 Å². The van der Waals surface area contributed by atoms with E-state index < -0.39 is 0 Å². The summed E-state index contributed by atoms with van der Waals surface area (Å²) >= 11 is 0. The second-order valence-corrected chi connectivity index (χ2v) is 4.53. The van der Waals surface area contributed by atoms with Crippen molar-refractivity contribution in [1.82, 2.24) is 4.90 Å². The molecule has 1 aromatic carbocycles. The summed E-state index contributed by atoms with van der Waals surface area (Å²) in [4.78, 5) is 14.0. The first-order chi connectivity index (χ1) is 8.69. The van der Waals surface area contributed by atoms with E-state index in [9.17, 15) is 4.79 Å². The van der Waals surface area contributed by atoms with Gasteiger partial charge in [0, 0.05) is 19.1 Å². The SMILES string of the molecule is COc1ccccc1NC(=O)CN1CC[C@@H](N)C1. The van der Waals surface area contributed by atoms with E-state index in [-0.39, 0.29) is 11.9 Å². The number of anilines is 1. The van der Waals surface area contributed by atoms with Gasteiger partial charge < -0.3 is 15.8 Å². The molecule has 5 heteroatoms. The lowest BCUT2D eigenvalue weighted by molar-refractivity contribution is -0.117. The smallest absolute Gasteiger partial charge is 0.238 e. The fourth-order valence-electron chi connectivity index (χ4n) is 2.15. The first-order valence-electron chi connectivity index (χ1n) is 6.10. The van der Waals surface area contributed by atoms with Crippen LogP contribution in [0.15, 0.2) is 24.3 Å². The number of ether oxygens (including phenoxy) is 1. The Hall–Kier alpha value is -1.59. The lowest BCUT2D eigenvalue weighted by atomic mass is 10.3. The molecule has 1 aliphatic rings. The first kappa shape index (κ1) is 12.9. The van der Waals surface area contributed by atoms with Crippen molar-refractivity contribution in [2.45, 2.75) is 12.5 Å². The monoisotopic (exact) mass is 249 g/mol. The summed E-state index contributed by atoms with van der Waals surface area (Å²) in [6, 6.07) is 7.58. The van der Waals surface area contributed by atoms with Crippen molar-refractivity contribution in [3.8, 4) is 5.75 Å². The maximum atomic E-state index is 11.9. The summed E-state index contributed by atoms with van der Waals surface area (Å²) in [5.74, 6) is 0.637. The number of nitrogens with zero attached hydrogens (tertiary/aromatic N) is 1. The number of para-hydroxylation sites is 2. The number of methoxy groups -OCH3 is 1. The van der Waals surface area contributed by atoms with Crippen molar-refractivity contribution >= 4 is 11.6 Å². The number of hydrogen-bond donors (Lipinski definition) is 2. The highest BCUT2D eigenvalue weighted by molar-refractivity contribution is 5.93. The molecule has 0 aliphatic carbocycles. The molecule has 0 aromatic heterocycles. The molecule has 1 amide bonds. The molecule has 1 fully saturated rings. The lowest BCUT2D eigenvalue weighted by Gasteiger charge is -2.15. The van der Waals surface area contributed by atoms with Gasteiger partial charge in [-0.3, -0.25) is 9.69 Å². The number of carbonyl (C=O) groups is 1. The van der Waals surface area contributed by atoms with Crippen LogP contribution in [0.1, 0.15) is 6.42 Å². The maximum absolute atomic E-state index is 11.9. The van der Waals surface area contributed by atoms with E-state index >= 15 is 0 Å². The Kier molecular flexibility index (Phi) is 4.17. The molecule has 0 saturated carbocycles. The molecule has 1 atom stereocenters. The Morgan fingerprint density at radius 1 is 1.56 bits per heavy atom. The molecule has 1 heterocycles.